The van der Waals surface area contributed by atoms with Gasteiger partial charge in [-0.05, 0) is 54.5 Å². The number of fused-ring (bicyclic) bond motifs is 1. The number of nitrogens with zero attached hydrogens (tertiary/aromatic N) is 3. The molecule has 4 rings (SSSR count). The first-order chi connectivity index (χ1) is 14.4. The summed E-state index contributed by atoms with van der Waals surface area (Å²) in [4.78, 5) is 23.6. The molecule has 0 spiro atoms. The highest BCUT2D eigenvalue weighted by molar-refractivity contribution is 6.31. The van der Waals surface area contributed by atoms with Gasteiger partial charge in [0.1, 0.15) is 11.4 Å². The number of carbonyl (C=O) groups excluding carboxylic acids is 1. The number of hydrogen-bond acceptors (Lipinski definition) is 6. The van der Waals surface area contributed by atoms with Crippen molar-refractivity contribution in [1.29, 1.82) is 0 Å². The van der Waals surface area contributed by atoms with Gasteiger partial charge in [0.15, 0.2) is 0 Å². The molecule has 0 bridgehead atoms. The van der Waals surface area contributed by atoms with Crippen molar-refractivity contribution in [1.82, 2.24) is 9.97 Å². The van der Waals surface area contributed by atoms with Crippen LogP contribution in [0.15, 0.2) is 18.2 Å². The SMILES string of the molecule is COC(=O)c1c(CC2(O)CCc3c(Cl)cccc32)nc(Cl)nc1N1CCCCCC1. The molecule has 1 atom stereocenters. The molecule has 6 nitrogen and oxygen atoms in total. The number of aromatic nitrogens is 2. The predicted octanol–water partition coefficient (Wildman–Crippen LogP) is 4.33. The molecule has 1 aliphatic carbocycles. The minimum absolute atomic E-state index is 0.0600. The minimum Gasteiger partial charge on any atom is -0.465 e. The lowest BCUT2D eigenvalue weighted by Gasteiger charge is -2.28. The molecule has 8 heteroatoms. The Morgan fingerprint density at radius 1 is 1.20 bits per heavy atom. The molecule has 1 N–H and O–H groups in total. The van der Waals surface area contributed by atoms with E-state index in [4.69, 9.17) is 27.9 Å². The predicted molar refractivity (Wildman–Crippen MR) is 116 cm³/mol. The smallest absolute Gasteiger partial charge is 0.343 e. The molecule has 1 aromatic heterocycles. The van der Waals surface area contributed by atoms with E-state index in [1.54, 1.807) is 0 Å². The van der Waals surface area contributed by atoms with Crippen LogP contribution in [0, 0.1) is 0 Å². The highest BCUT2D eigenvalue weighted by atomic mass is 35.5. The van der Waals surface area contributed by atoms with Crippen molar-refractivity contribution in [2.24, 2.45) is 0 Å². The number of aliphatic hydroxyl groups is 1. The fourth-order valence-corrected chi connectivity index (χ4v) is 5.04. The third kappa shape index (κ3) is 4.01. The topological polar surface area (TPSA) is 75.5 Å². The molecular formula is C22H25Cl2N3O3. The molecule has 1 saturated heterocycles. The van der Waals surface area contributed by atoms with Crippen molar-refractivity contribution in [3.63, 3.8) is 0 Å². The molecule has 1 aromatic carbocycles. The van der Waals surface area contributed by atoms with Gasteiger partial charge in [-0.1, -0.05) is 36.6 Å². The molecule has 0 amide bonds. The van der Waals surface area contributed by atoms with Crippen LogP contribution in [-0.4, -0.2) is 41.2 Å². The van der Waals surface area contributed by atoms with Gasteiger partial charge in [0.2, 0.25) is 5.28 Å². The first kappa shape index (κ1) is 21.3. The zero-order valence-electron chi connectivity index (χ0n) is 17.0. The van der Waals surface area contributed by atoms with Crippen molar-refractivity contribution in [3.8, 4) is 0 Å². The average Bonchev–Trinajstić information content (AvgIpc) is 2.90. The Morgan fingerprint density at radius 3 is 2.63 bits per heavy atom. The fraction of sp³-hybridized carbons (Fsp3) is 0.500. The van der Waals surface area contributed by atoms with Gasteiger partial charge >= 0.3 is 5.97 Å². The zero-order chi connectivity index (χ0) is 21.3. The van der Waals surface area contributed by atoms with Crippen molar-refractivity contribution < 1.29 is 14.6 Å². The van der Waals surface area contributed by atoms with Crippen LogP contribution in [0.1, 0.15) is 59.3 Å². The van der Waals surface area contributed by atoms with Crippen LogP contribution in [0.2, 0.25) is 10.3 Å². The van der Waals surface area contributed by atoms with E-state index in [0.29, 0.717) is 29.4 Å². The number of rotatable bonds is 4. The first-order valence-electron chi connectivity index (χ1n) is 10.3. The van der Waals surface area contributed by atoms with E-state index in [0.717, 1.165) is 49.9 Å². The number of ether oxygens (including phenoxy) is 1. The van der Waals surface area contributed by atoms with Gasteiger partial charge < -0.3 is 14.7 Å². The Kier molecular flexibility index (Phi) is 6.19. The summed E-state index contributed by atoms with van der Waals surface area (Å²) < 4.78 is 5.07. The van der Waals surface area contributed by atoms with Crippen LogP contribution in [0.5, 0.6) is 0 Å². The number of esters is 1. The largest absolute Gasteiger partial charge is 0.465 e. The van der Waals surface area contributed by atoms with E-state index in [-0.39, 0.29) is 17.3 Å². The second-order valence-corrected chi connectivity index (χ2v) is 8.75. The van der Waals surface area contributed by atoms with E-state index >= 15 is 0 Å². The highest BCUT2D eigenvalue weighted by Gasteiger charge is 2.40. The second-order valence-electron chi connectivity index (χ2n) is 8.01. The fourth-order valence-electron chi connectivity index (χ4n) is 4.59. The normalized spacial score (nSPS) is 21.3. The molecule has 1 unspecified atom stereocenters. The molecule has 0 saturated carbocycles. The van der Waals surface area contributed by atoms with Gasteiger partial charge in [0, 0.05) is 24.5 Å². The second kappa shape index (κ2) is 8.69. The molecule has 160 valence electrons. The third-order valence-corrected chi connectivity index (χ3v) is 6.62. The Labute approximate surface area is 186 Å². The number of carbonyl (C=O) groups is 1. The highest BCUT2D eigenvalue weighted by Crippen LogP contribution is 2.43. The summed E-state index contributed by atoms with van der Waals surface area (Å²) in [5.41, 5.74) is 1.21. The summed E-state index contributed by atoms with van der Waals surface area (Å²) >= 11 is 12.6. The van der Waals surface area contributed by atoms with Gasteiger partial charge in [-0.15, -0.1) is 0 Å². The van der Waals surface area contributed by atoms with Crippen molar-refractivity contribution >= 4 is 35.0 Å². The Bertz CT molecular complexity index is 961. The summed E-state index contributed by atoms with van der Waals surface area (Å²) in [6.07, 6.45) is 5.62. The minimum atomic E-state index is -1.18. The van der Waals surface area contributed by atoms with Crippen LogP contribution in [-0.2, 0) is 23.2 Å². The summed E-state index contributed by atoms with van der Waals surface area (Å²) in [7, 11) is 1.34. The van der Waals surface area contributed by atoms with Crippen molar-refractivity contribution in [2.45, 2.75) is 50.5 Å². The monoisotopic (exact) mass is 449 g/mol. The molecule has 30 heavy (non-hydrogen) atoms. The Hall–Kier alpha value is -1.89. The summed E-state index contributed by atoms with van der Waals surface area (Å²) in [5.74, 6) is -0.0273. The van der Waals surface area contributed by atoms with Gasteiger partial charge in [0.05, 0.1) is 18.4 Å². The maximum atomic E-state index is 12.8. The quantitative estimate of drug-likeness (QED) is 0.552. The van der Waals surface area contributed by atoms with Crippen LogP contribution in [0.4, 0.5) is 5.82 Å². The van der Waals surface area contributed by atoms with Gasteiger partial charge in [0.25, 0.3) is 0 Å². The van der Waals surface area contributed by atoms with Gasteiger partial charge in [-0.3, -0.25) is 0 Å². The lowest BCUT2D eigenvalue weighted by atomic mass is 9.89. The number of benzene rings is 1. The lowest BCUT2D eigenvalue weighted by molar-refractivity contribution is 0.0372. The van der Waals surface area contributed by atoms with Crippen molar-refractivity contribution in [2.75, 3.05) is 25.1 Å². The van der Waals surface area contributed by atoms with E-state index < -0.39 is 11.6 Å². The molecule has 0 radical (unpaired) electrons. The third-order valence-electron chi connectivity index (χ3n) is 6.10. The molecule has 1 fully saturated rings. The van der Waals surface area contributed by atoms with Gasteiger partial charge in [-0.2, -0.15) is 4.98 Å². The Morgan fingerprint density at radius 2 is 1.93 bits per heavy atom. The van der Waals surface area contributed by atoms with E-state index in [1.807, 2.05) is 18.2 Å². The number of halogens is 2. The van der Waals surface area contributed by atoms with E-state index in [1.165, 1.54) is 7.11 Å². The van der Waals surface area contributed by atoms with Crippen LogP contribution >= 0.6 is 23.2 Å². The molecule has 1 aliphatic heterocycles. The zero-order valence-corrected chi connectivity index (χ0v) is 18.5. The maximum Gasteiger partial charge on any atom is 0.343 e. The molecule has 2 aromatic rings. The number of methoxy groups -OCH3 is 1. The maximum absolute atomic E-state index is 12.8. The average molecular weight is 450 g/mol. The molecule has 2 heterocycles. The van der Waals surface area contributed by atoms with Gasteiger partial charge in [-0.25, -0.2) is 9.78 Å². The number of hydrogen-bond donors (Lipinski definition) is 1. The lowest BCUT2D eigenvalue weighted by Crippen LogP contribution is -2.31. The standard InChI is InChI=1S/C22H25Cl2N3O3/c1-30-20(28)18-17(13-22(29)10-9-14-15(22)7-6-8-16(14)23)25-21(24)26-19(18)27-11-4-2-3-5-12-27/h6-8,29H,2-5,9-13H2,1H3. The van der Waals surface area contributed by atoms with E-state index in [9.17, 15) is 9.90 Å². The summed E-state index contributed by atoms with van der Waals surface area (Å²) in [5, 5.41) is 12.2. The number of anilines is 1. The van der Waals surface area contributed by atoms with Crippen LogP contribution in [0.3, 0.4) is 0 Å². The van der Waals surface area contributed by atoms with Crippen LogP contribution < -0.4 is 4.90 Å². The van der Waals surface area contributed by atoms with Crippen molar-refractivity contribution in [3.05, 3.63) is 50.9 Å². The molecular weight excluding hydrogens is 425 g/mol. The Balaban J connectivity index is 1.78. The van der Waals surface area contributed by atoms with Crippen LogP contribution in [0.25, 0.3) is 0 Å². The summed E-state index contributed by atoms with van der Waals surface area (Å²) in [6.45, 7) is 1.58. The molecule has 2 aliphatic rings. The summed E-state index contributed by atoms with van der Waals surface area (Å²) in [6, 6.07) is 5.53. The first-order valence-corrected chi connectivity index (χ1v) is 11.1. The van der Waals surface area contributed by atoms with E-state index in [2.05, 4.69) is 14.9 Å².